The van der Waals surface area contributed by atoms with Gasteiger partial charge in [0.25, 0.3) is 5.91 Å². The maximum absolute atomic E-state index is 12.8. The molecule has 0 saturated carbocycles. The fraction of sp³-hybridized carbons (Fsp3) is 0.421. The summed E-state index contributed by atoms with van der Waals surface area (Å²) < 4.78 is 6.96. The van der Waals surface area contributed by atoms with E-state index in [0.717, 1.165) is 16.8 Å². The van der Waals surface area contributed by atoms with Gasteiger partial charge in [-0.05, 0) is 38.0 Å². The number of nitrogens with zero attached hydrogens (tertiary/aromatic N) is 2. The number of rotatable bonds is 4. The lowest BCUT2D eigenvalue weighted by atomic mass is 9.89. The van der Waals surface area contributed by atoms with Crippen molar-refractivity contribution >= 4 is 11.9 Å². The lowest BCUT2D eigenvalue weighted by molar-refractivity contribution is -0.148. The standard InChI is InChI=1S/C19H23N3O4/c1-12-4-5-13(2)16(10-12)22-14(3)15(11-20-22)17(23)21-19(18(24)25)6-8-26-9-7-19/h4-5,10-11H,6-9H2,1-3H3,(H,21,23)(H,24,25). The van der Waals surface area contributed by atoms with Crippen LogP contribution in [-0.4, -0.2) is 45.5 Å². The van der Waals surface area contributed by atoms with E-state index in [4.69, 9.17) is 4.74 Å². The molecule has 0 unspecified atom stereocenters. The first-order valence-electron chi connectivity index (χ1n) is 8.60. The minimum Gasteiger partial charge on any atom is -0.480 e. The lowest BCUT2D eigenvalue weighted by Gasteiger charge is -2.33. The van der Waals surface area contributed by atoms with E-state index in [1.54, 1.807) is 11.6 Å². The van der Waals surface area contributed by atoms with Crippen LogP contribution in [0.1, 0.15) is 40.0 Å². The normalized spacial score (nSPS) is 16.3. The van der Waals surface area contributed by atoms with E-state index in [2.05, 4.69) is 10.4 Å². The van der Waals surface area contributed by atoms with Gasteiger partial charge in [0, 0.05) is 26.1 Å². The van der Waals surface area contributed by atoms with Crippen LogP contribution in [0.15, 0.2) is 24.4 Å². The highest BCUT2D eigenvalue weighted by Gasteiger charge is 2.42. The van der Waals surface area contributed by atoms with Gasteiger partial charge in [0.2, 0.25) is 0 Å². The molecule has 2 heterocycles. The maximum atomic E-state index is 12.8. The van der Waals surface area contributed by atoms with Gasteiger partial charge in [0.05, 0.1) is 23.1 Å². The number of benzene rings is 1. The highest BCUT2D eigenvalue weighted by Crippen LogP contribution is 2.23. The van der Waals surface area contributed by atoms with Gasteiger partial charge in [-0.1, -0.05) is 12.1 Å². The molecule has 1 fully saturated rings. The molecule has 2 aromatic rings. The molecule has 2 N–H and O–H groups in total. The lowest BCUT2D eigenvalue weighted by Crippen LogP contribution is -2.57. The molecule has 1 saturated heterocycles. The van der Waals surface area contributed by atoms with Crippen LogP contribution in [-0.2, 0) is 9.53 Å². The van der Waals surface area contributed by atoms with Gasteiger partial charge in [-0.25, -0.2) is 9.48 Å². The second-order valence-corrected chi connectivity index (χ2v) is 6.80. The van der Waals surface area contributed by atoms with Crippen LogP contribution >= 0.6 is 0 Å². The third kappa shape index (κ3) is 3.22. The smallest absolute Gasteiger partial charge is 0.329 e. The number of carboxylic acid groups (broad SMARTS) is 1. The summed E-state index contributed by atoms with van der Waals surface area (Å²) in [5.74, 6) is -1.46. The zero-order chi connectivity index (χ0) is 18.9. The number of hydrogen-bond donors (Lipinski definition) is 2. The molecule has 0 aliphatic carbocycles. The van der Waals surface area contributed by atoms with E-state index in [1.807, 2.05) is 32.0 Å². The summed E-state index contributed by atoms with van der Waals surface area (Å²) in [5, 5.41) is 16.7. The Morgan fingerprint density at radius 2 is 1.92 bits per heavy atom. The fourth-order valence-corrected chi connectivity index (χ4v) is 3.22. The first kappa shape index (κ1) is 18.1. The van der Waals surface area contributed by atoms with Gasteiger partial charge in [-0.15, -0.1) is 0 Å². The van der Waals surface area contributed by atoms with Crippen molar-refractivity contribution in [2.75, 3.05) is 13.2 Å². The summed E-state index contributed by atoms with van der Waals surface area (Å²) in [6.07, 6.45) is 1.98. The molecule has 1 aliphatic heterocycles. The van der Waals surface area contributed by atoms with Crippen LogP contribution in [0.3, 0.4) is 0 Å². The molecule has 26 heavy (non-hydrogen) atoms. The van der Waals surface area contributed by atoms with Crippen molar-refractivity contribution in [1.82, 2.24) is 15.1 Å². The monoisotopic (exact) mass is 357 g/mol. The molecule has 3 rings (SSSR count). The molecule has 0 radical (unpaired) electrons. The Morgan fingerprint density at radius 1 is 1.23 bits per heavy atom. The average molecular weight is 357 g/mol. The zero-order valence-electron chi connectivity index (χ0n) is 15.2. The van der Waals surface area contributed by atoms with Crippen molar-refractivity contribution in [1.29, 1.82) is 0 Å². The quantitative estimate of drug-likeness (QED) is 0.875. The molecule has 1 aromatic heterocycles. The van der Waals surface area contributed by atoms with Gasteiger partial charge < -0.3 is 15.2 Å². The Labute approximate surface area is 152 Å². The summed E-state index contributed by atoms with van der Waals surface area (Å²) in [6.45, 7) is 6.41. The van der Waals surface area contributed by atoms with Crippen molar-refractivity contribution in [2.24, 2.45) is 0 Å². The largest absolute Gasteiger partial charge is 0.480 e. The summed E-state index contributed by atoms with van der Waals surface area (Å²) in [6, 6.07) is 6.04. The fourth-order valence-electron chi connectivity index (χ4n) is 3.22. The van der Waals surface area contributed by atoms with Crippen molar-refractivity contribution in [3.8, 4) is 5.69 Å². The topological polar surface area (TPSA) is 93.5 Å². The third-order valence-corrected chi connectivity index (χ3v) is 4.96. The number of hydrogen-bond acceptors (Lipinski definition) is 4. The average Bonchev–Trinajstić information content (AvgIpc) is 2.99. The minimum atomic E-state index is -1.29. The van der Waals surface area contributed by atoms with Crippen molar-refractivity contribution in [3.05, 3.63) is 46.8 Å². The molecule has 7 nitrogen and oxygen atoms in total. The van der Waals surface area contributed by atoms with E-state index >= 15 is 0 Å². The summed E-state index contributed by atoms with van der Waals surface area (Å²) in [5.41, 5.74) is 2.80. The highest BCUT2D eigenvalue weighted by atomic mass is 16.5. The van der Waals surface area contributed by atoms with Crippen molar-refractivity contribution < 1.29 is 19.4 Å². The van der Waals surface area contributed by atoms with Crippen molar-refractivity contribution in [2.45, 2.75) is 39.2 Å². The van der Waals surface area contributed by atoms with Gasteiger partial charge in [0.15, 0.2) is 0 Å². The van der Waals surface area contributed by atoms with Gasteiger partial charge in [-0.3, -0.25) is 4.79 Å². The number of nitrogens with one attached hydrogen (secondary N) is 1. The Kier molecular flexibility index (Phi) is 4.82. The highest BCUT2D eigenvalue weighted by molar-refractivity contribution is 5.98. The first-order valence-corrected chi connectivity index (χ1v) is 8.60. The first-order chi connectivity index (χ1) is 12.3. The van der Waals surface area contributed by atoms with E-state index in [1.165, 1.54) is 6.20 Å². The second-order valence-electron chi connectivity index (χ2n) is 6.80. The Morgan fingerprint density at radius 3 is 2.58 bits per heavy atom. The number of carboxylic acids is 1. The molecular weight excluding hydrogens is 334 g/mol. The number of aryl methyl sites for hydroxylation is 2. The Bertz CT molecular complexity index is 850. The number of amides is 1. The molecule has 1 aromatic carbocycles. The summed E-state index contributed by atoms with van der Waals surface area (Å²) in [4.78, 5) is 24.5. The predicted octanol–water partition coefficient (Wildman–Crippen LogP) is 2.16. The van der Waals surface area contributed by atoms with Crippen LogP contribution < -0.4 is 5.32 Å². The van der Waals surface area contributed by atoms with Gasteiger partial charge >= 0.3 is 5.97 Å². The second kappa shape index (κ2) is 6.92. The van der Waals surface area contributed by atoms with Crippen molar-refractivity contribution in [3.63, 3.8) is 0 Å². The summed E-state index contributed by atoms with van der Waals surface area (Å²) >= 11 is 0. The number of ether oxygens (including phenoxy) is 1. The predicted molar refractivity (Wildman–Crippen MR) is 95.7 cm³/mol. The number of carbonyl (C=O) groups excluding carboxylic acids is 1. The van der Waals surface area contributed by atoms with Gasteiger partial charge in [0.1, 0.15) is 5.54 Å². The van der Waals surface area contributed by atoms with E-state index in [-0.39, 0.29) is 12.8 Å². The molecular formula is C19H23N3O4. The number of carbonyl (C=O) groups is 2. The van der Waals surface area contributed by atoms with Crippen LogP contribution in [0.2, 0.25) is 0 Å². The van der Waals surface area contributed by atoms with Crippen LogP contribution in [0, 0.1) is 20.8 Å². The Balaban J connectivity index is 1.91. The van der Waals surface area contributed by atoms with Crippen LogP contribution in [0.5, 0.6) is 0 Å². The molecule has 1 aliphatic rings. The van der Waals surface area contributed by atoms with Crippen LogP contribution in [0.25, 0.3) is 5.69 Å². The van der Waals surface area contributed by atoms with E-state index < -0.39 is 17.4 Å². The van der Waals surface area contributed by atoms with E-state index in [9.17, 15) is 14.7 Å². The van der Waals surface area contributed by atoms with Crippen LogP contribution in [0.4, 0.5) is 0 Å². The molecule has 0 bridgehead atoms. The maximum Gasteiger partial charge on any atom is 0.329 e. The number of aromatic nitrogens is 2. The minimum absolute atomic E-state index is 0.248. The SMILES string of the molecule is Cc1ccc(C)c(-n2ncc(C(=O)NC3(C(=O)O)CCOCC3)c2C)c1. The Hall–Kier alpha value is -2.67. The zero-order valence-corrected chi connectivity index (χ0v) is 15.2. The van der Waals surface area contributed by atoms with Gasteiger partial charge in [-0.2, -0.15) is 5.10 Å². The molecule has 0 spiro atoms. The molecule has 0 atom stereocenters. The number of aliphatic carboxylic acids is 1. The molecule has 7 heteroatoms. The molecule has 138 valence electrons. The third-order valence-electron chi connectivity index (χ3n) is 4.96. The summed E-state index contributed by atoms with van der Waals surface area (Å²) in [7, 11) is 0. The van der Waals surface area contributed by atoms with E-state index in [0.29, 0.717) is 24.5 Å². The molecule has 1 amide bonds.